The highest BCUT2D eigenvalue weighted by Gasteiger charge is 2.48. The van der Waals surface area contributed by atoms with E-state index < -0.39 is 0 Å². The molecule has 2 aliphatic rings. The Morgan fingerprint density at radius 3 is 2.64 bits per heavy atom. The molecule has 3 heteroatoms. The van der Waals surface area contributed by atoms with Gasteiger partial charge in [-0.2, -0.15) is 0 Å². The molecule has 2 fully saturated rings. The van der Waals surface area contributed by atoms with Gasteiger partial charge in [0.05, 0.1) is 18.3 Å². The van der Waals surface area contributed by atoms with Gasteiger partial charge in [0.1, 0.15) is 0 Å². The molecule has 0 amide bonds. The van der Waals surface area contributed by atoms with E-state index in [0.29, 0.717) is 18.1 Å². The molecule has 0 aromatic carbocycles. The minimum atomic E-state index is -0.161. The molecule has 1 N–H and O–H groups in total. The van der Waals surface area contributed by atoms with E-state index in [4.69, 9.17) is 4.74 Å². The molecule has 0 aromatic rings. The summed E-state index contributed by atoms with van der Waals surface area (Å²) in [6.45, 7) is 2.12. The predicted octanol–water partition coefficient (Wildman–Crippen LogP) is 0.865. The van der Waals surface area contributed by atoms with Gasteiger partial charge in [0.25, 0.3) is 0 Å². The van der Waals surface area contributed by atoms with Crippen molar-refractivity contribution in [1.82, 2.24) is 4.90 Å². The first-order chi connectivity index (χ1) is 6.61. The van der Waals surface area contributed by atoms with Crippen LogP contribution in [0.15, 0.2) is 0 Å². The highest BCUT2D eigenvalue weighted by molar-refractivity contribution is 4.98. The van der Waals surface area contributed by atoms with Crippen LogP contribution >= 0.6 is 0 Å². The number of aliphatic hydroxyl groups excluding tert-OH is 1. The van der Waals surface area contributed by atoms with Crippen LogP contribution in [-0.4, -0.2) is 48.5 Å². The maximum absolute atomic E-state index is 10.0. The Kier molecular flexibility index (Phi) is 2.82. The van der Waals surface area contributed by atoms with Gasteiger partial charge < -0.3 is 14.7 Å². The monoisotopic (exact) mass is 199 g/mol. The molecule has 1 aliphatic carbocycles. The topological polar surface area (TPSA) is 32.7 Å². The summed E-state index contributed by atoms with van der Waals surface area (Å²) in [5, 5.41) is 10.0. The van der Waals surface area contributed by atoms with Crippen molar-refractivity contribution in [3.8, 4) is 0 Å². The Hall–Kier alpha value is -0.120. The zero-order valence-corrected chi connectivity index (χ0v) is 9.31. The van der Waals surface area contributed by atoms with Crippen LogP contribution in [0.4, 0.5) is 0 Å². The van der Waals surface area contributed by atoms with E-state index in [1.807, 2.05) is 0 Å². The van der Waals surface area contributed by atoms with Gasteiger partial charge in [-0.05, 0) is 40.3 Å². The minimum Gasteiger partial charge on any atom is -0.393 e. The second-order valence-electron chi connectivity index (χ2n) is 4.91. The van der Waals surface area contributed by atoms with Crippen molar-refractivity contribution >= 4 is 0 Å². The Labute approximate surface area is 86.0 Å². The van der Waals surface area contributed by atoms with E-state index in [1.54, 1.807) is 0 Å². The highest BCUT2D eigenvalue weighted by Crippen LogP contribution is 2.39. The van der Waals surface area contributed by atoms with E-state index in [2.05, 4.69) is 25.9 Å². The Morgan fingerprint density at radius 1 is 1.29 bits per heavy atom. The zero-order valence-electron chi connectivity index (χ0n) is 9.31. The van der Waals surface area contributed by atoms with Crippen molar-refractivity contribution < 1.29 is 9.84 Å². The van der Waals surface area contributed by atoms with Crippen LogP contribution in [0, 0.1) is 5.92 Å². The average molecular weight is 199 g/mol. The molecule has 0 unspecified atom stereocenters. The first-order valence-corrected chi connectivity index (χ1v) is 5.61. The first-order valence-electron chi connectivity index (χ1n) is 5.61. The smallest absolute Gasteiger partial charge is 0.0710 e. The van der Waals surface area contributed by atoms with Crippen molar-refractivity contribution in [3.63, 3.8) is 0 Å². The van der Waals surface area contributed by atoms with Gasteiger partial charge in [0.2, 0.25) is 0 Å². The summed E-state index contributed by atoms with van der Waals surface area (Å²) in [5.74, 6) is 0.328. The second kappa shape index (κ2) is 3.80. The van der Waals surface area contributed by atoms with Crippen LogP contribution in [0.3, 0.4) is 0 Å². The summed E-state index contributed by atoms with van der Waals surface area (Å²) in [4.78, 5) is 2.20. The Morgan fingerprint density at radius 2 is 2.00 bits per heavy atom. The van der Waals surface area contributed by atoms with Crippen molar-refractivity contribution in [3.05, 3.63) is 0 Å². The standard InChI is InChI=1S/C11H21NO2/c1-7-11(12(2)3)10-8(13)5-4-6-9(10)14-7/h7-11,13H,4-6H2,1-3H3/t7-,8+,9-,10+,11-/m0/s1. The number of fused-ring (bicyclic) bond motifs is 1. The highest BCUT2D eigenvalue weighted by atomic mass is 16.5. The summed E-state index contributed by atoms with van der Waals surface area (Å²) >= 11 is 0. The second-order valence-corrected chi connectivity index (χ2v) is 4.91. The lowest BCUT2D eigenvalue weighted by Crippen LogP contribution is -2.46. The maximum Gasteiger partial charge on any atom is 0.0710 e. The molecule has 5 atom stereocenters. The molecular weight excluding hydrogens is 178 g/mol. The van der Waals surface area contributed by atoms with Gasteiger partial charge in [0.15, 0.2) is 0 Å². The summed E-state index contributed by atoms with van der Waals surface area (Å²) in [7, 11) is 4.16. The number of aliphatic hydroxyl groups is 1. The van der Waals surface area contributed by atoms with Crippen molar-refractivity contribution in [2.75, 3.05) is 14.1 Å². The summed E-state index contributed by atoms with van der Waals surface area (Å²) in [6.07, 6.45) is 3.56. The lowest BCUT2D eigenvalue weighted by Gasteiger charge is -2.35. The fourth-order valence-corrected chi connectivity index (χ4v) is 3.20. The molecule has 1 aliphatic heterocycles. The van der Waals surface area contributed by atoms with Crippen LogP contribution in [-0.2, 0) is 4.74 Å². The number of likely N-dealkylation sites (N-methyl/N-ethyl adjacent to an activating group) is 1. The van der Waals surface area contributed by atoms with Gasteiger partial charge >= 0.3 is 0 Å². The molecule has 3 nitrogen and oxygen atoms in total. The maximum atomic E-state index is 10.0. The lowest BCUT2D eigenvalue weighted by atomic mass is 9.80. The Balaban J connectivity index is 2.16. The van der Waals surface area contributed by atoms with Crippen molar-refractivity contribution in [2.24, 2.45) is 5.92 Å². The molecule has 0 spiro atoms. The number of rotatable bonds is 1. The third-order valence-corrected chi connectivity index (χ3v) is 3.72. The van der Waals surface area contributed by atoms with Crippen LogP contribution in [0.5, 0.6) is 0 Å². The normalized spacial score (nSPS) is 48.2. The summed E-state index contributed by atoms with van der Waals surface area (Å²) in [5.41, 5.74) is 0. The van der Waals surface area contributed by atoms with Gasteiger partial charge in [-0.3, -0.25) is 0 Å². The SMILES string of the molecule is C[C@@H]1O[C@H]2CCC[C@@H](O)[C@H]2[C@H]1N(C)C. The molecular formula is C11H21NO2. The molecule has 1 saturated carbocycles. The lowest BCUT2D eigenvalue weighted by molar-refractivity contribution is -0.0184. The number of hydrogen-bond donors (Lipinski definition) is 1. The average Bonchev–Trinajstić information content (AvgIpc) is 2.42. The van der Waals surface area contributed by atoms with E-state index in [-0.39, 0.29) is 12.2 Å². The van der Waals surface area contributed by atoms with Crippen LogP contribution in [0.1, 0.15) is 26.2 Å². The fourth-order valence-electron chi connectivity index (χ4n) is 3.20. The predicted molar refractivity (Wildman–Crippen MR) is 55.2 cm³/mol. The molecule has 2 rings (SSSR count). The first kappa shape index (κ1) is 10.4. The number of hydrogen-bond acceptors (Lipinski definition) is 3. The fraction of sp³-hybridized carbons (Fsp3) is 1.00. The van der Waals surface area contributed by atoms with E-state index in [9.17, 15) is 5.11 Å². The molecule has 1 heterocycles. The molecule has 14 heavy (non-hydrogen) atoms. The summed E-state index contributed by atoms with van der Waals surface area (Å²) < 4.78 is 5.91. The van der Waals surface area contributed by atoms with E-state index in [0.717, 1.165) is 19.3 Å². The third-order valence-electron chi connectivity index (χ3n) is 3.72. The third kappa shape index (κ3) is 1.58. The molecule has 0 bridgehead atoms. The van der Waals surface area contributed by atoms with Crippen LogP contribution in [0.2, 0.25) is 0 Å². The van der Waals surface area contributed by atoms with Gasteiger partial charge in [-0.25, -0.2) is 0 Å². The van der Waals surface area contributed by atoms with Crippen molar-refractivity contribution in [2.45, 2.75) is 50.5 Å². The van der Waals surface area contributed by atoms with Gasteiger partial charge in [-0.15, -0.1) is 0 Å². The van der Waals surface area contributed by atoms with E-state index >= 15 is 0 Å². The largest absolute Gasteiger partial charge is 0.393 e. The zero-order chi connectivity index (χ0) is 10.3. The van der Waals surface area contributed by atoms with Crippen molar-refractivity contribution in [1.29, 1.82) is 0 Å². The minimum absolute atomic E-state index is 0.161. The molecule has 82 valence electrons. The quantitative estimate of drug-likeness (QED) is 0.680. The molecule has 0 aromatic heterocycles. The van der Waals surface area contributed by atoms with Gasteiger partial charge in [-0.1, -0.05) is 0 Å². The molecule has 1 saturated heterocycles. The van der Waals surface area contributed by atoms with Crippen LogP contribution < -0.4 is 0 Å². The van der Waals surface area contributed by atoms with Crippen LogP contribution in [0.25, 0.3) is 0 Å². The van der Waals surface area contributed by atoms with Gasteiger partial charge in [0, 0.05) is 12.0 Å². The van der Waals surface area contributed by atoms with E-state index in [1.165, 1.54) is 0 Å². The number of ether oxygens (including phenoxy) is 1. The Bertz CT molecular complexity index is 207. The molecule has 0 radical (unpaired) electrons. The number of nitrogens with zero attached hydrogens (tertiary/aromatic N) is 1. The summed E-state index contributed by atoms with van der Waals surface area (Å²) in [6, 6.07) is 0.385.